The summed E-state index contributed by atoms with van der Waals surface area (Å²) in [7, 11) is 1.51. The van der Waals surface area contributed by atoms with Gasteiger partial charge in [-0.2, -0.15) is 0 Å². The van der Waals surface area contributed by atoms with Crippen molar-refractivity contribution in [1.82, 2.24) is 0 Å². The number of fused-ring (bicyclic) bond motifs is 1. The number of nitrogens with zero attached hydrogens (tertiary/aromatic N) is 1. The van der Waals surface area contributed by atoms with Crippen LogP contribution in [0.25, 0.3) is 11.0 Å². The fraction of sp³-hybridized carbons (Fsp3) is 0.190. The number of carbonyl (C=O) groups is 2. The first-order chi connectivity index (χ1) is 13.9. The minimum atomic E-state index is -0.518. The Balaban J connectivity index is 1.52. The second kappa shape index (κ2) is 7.60. The van der Waals surface area contributed by atoms with E-state index in [9.17, 15) is 14.4 Å². The Morgan fingerprint density at radius 2 is 2.00 bits per heavy atom. The molecule has 1 aliphatic rings. The van der Waals surface area contributed by atoms with Crippen molar-refractivity contribution < 1.29 is 18.7 Å². The number of halogens is 1. The predicted molar refractivity (Wildman–Crippen MR) is 110 cm³/mol. The van der Waals surface area contributed by atoms with Crippen LogP contribution in [0.15, 0.2) is 57.7 Å². The zero-order valence-electron chi connectivity index (χ0n) is 15.5. The molecule has 2 aromatic carbocycles. The van der Waals surface area contributed by atoms with E-state index in [1.54, 1.807) is 42.5 Å². The maximum absolute atomic E-state index is 12.7. The quantitative estimate of drug-likeness (QED) is 0.663. The number of hydrogen-bond acceptors (Lipinski definition) is 5. The number of methoxy groups -OCH3 is 1. The monoisotopic (exact) mass is 412 g/mol. The van der Waals surface area contributed by atoms with E-state index in [0.717, 1.165) is 0 Å². The third-order valence-corrected chi connectivity index (χ3v) is 5.05. The van der Waals surface area contributed by atoms with E-state index < -0.39 is 11.5 Å². The van der Waals surface area contributed by atoms with Gasteiger partial charge in [0.15, 0.2) is 0 Å². The van der Waals surface area contributed by atoms with Gasteiger partial charge in [-0.15, -0.1) is 0 Å². The standard InChI is InChI=1S/C21H17ClN2O5/c1-28-18-5-3-14(22)10-16(18)24-11-13(9-19(24)25)21(27)23-15-4-6-17-12(8-15)2-7-20(26)29-17/h2-8,10,13H,9,11H2,1H3,(H,23,27). The second-order valence-corrected chi connectivity index (χ2v) is 7.15. The number of rotatable bonds is 4. The smallest absolute Gasteiger partial charge is 0.336 e. The van der Waals surface area contributed by atoms with Gasteiger partial charge in [-0.25, -0.2) is 4.79 Å². The second-order valence-electron chi connectivity index (χ2n) is 6.72. The van der Waals surface area contributed by atoms with Crippen LogP contribution in [0.5, 0.6) is 5.75 Å². The average molecular weight is 413 g/mol. The zero-order valence-corrected chi connectivity index (χ0v) is 16.2. The van der Waals surface area contributed by atoms with Gasteiger partial charge >= 0.3 is 5.63 Å². The highest BCUT2D eigenvalue weighted by Gasteiger charge is 2.36. The summed E-state index contributed by atoms with van der Waals surface area (Å²) in [6, 6.07) is 12.9. The molecular formula is C21H17ClN2O5. The molecule has 0 bridgehead atoms. The van der Waals surface area contributed by atoms with Crippen LogP contribution in [0.3, 0.4) is 0 Å². The Bertz CT molecular complexity index is 1170. The Morgan fingerprint density at radius 1 is 1.17 bits per heavy atom. The minimum Gasteiger partial charge on any atom is -0.495 e. The molecule has 2 heterocycles. The van der Waals surface area contributed by atoms with Crippen LogP contribution in [-0.2, 0) is 9.59 Å². The summed E-state index contributed by atoms with van der Waals surface area (Å²) in [5.41, 5.74) is 1.10. The first kappa shape index (κ1) is 19.0. The summed E-state index contributed by atoms with van der Waals surface area (Å²) in [5.74, 6) is -0.444. The number of ether oxygens (including phenoxy) is 1. The van der Waals surface area contributed by atoms with Gasteiger partial charge in [-0.1, -0.05) is 11.6 Å². The Labute approximate surface area is 170 Å². The van der Waals surface area contributed by atoms with E-state index in [-0.39, 0.29) is 24.8 Å². The molecular weight excluding hydrogens is 396 g/mol. The van der Waals surface area contributed by atoms with E-state index in [1.807, 2.05) is 0 Å². The highest BCUT2D eigenvalue weighted by atomic mass is 35.5. The molecule has 1 aliphatic heterocycles. The van der Waals surface area contributed by atoms with E-state index >= 15 is 0 Å². The summed E-state index contributed by atoms with van der Waals surface area (Å²) in [6.07, 6.45) is 0.0873. The molecule has 1 aromatic heterocycles. The van der Waals surface area contributed by atoms with Gasteiger partial charge in [-0.3, -0.25) is 9.59 Å². The SMILES string of the molecule is COc1ccc(Cl)cc1N1CC(C(=O)Nc2ccc3oc(=O)ccc3c2)CC1=O. The van der Waals surface area contributed by atoms with Crippen molar-refractivity contribution in [3.05, 3.63) is 64.0 Å². The molecule has 1 N–H and O–H groups in total. The van der Waals surface area contributed by atoms with Crippen LogP contribution in [0.1, 0.15) is 6.42 Å². The van der Waals surface area contributed by atoms with E-state index in [0.29, 0.717) is 33.1 Å². The van der Waals surface area contributed by atoms with E-state index in [1.165, 1.54) is 18.1 Å². The normalized spacial score (nSPS) is 16.3. The molecule has 0 spiro atoms. The van der Waals surface area contributed by atoms with Crippen molar-refractivity contribution in [2.24, 2.45) is 5.92 Å². The summed E-state index contributed by atoms with van der Waals surface area (Å²) in [4.78, 5) is 38.1. The first-order valence-electron chi connectivity index (χ1n) is 8.93. The van der Waals surface area contributed by atoms with Gasteiger partial charge in [0.2, 0.25) is 11.8 Å². The largest absolute Gasteiger partial charge is 0.495 e. The van der Waals surface area contributed by atoms with Crippen LogP contribution in [-0.4, -0.2) is 25.5 Å². The molecule has 1 fully saturated rings. The summed E-state index contributed by atoms with van der Waals surface area (Å²) in [5, 5.41) is 3.99. The van der Waals surface area contributed by atoms with Crippen molar-refractivity contribution in [2.45, 2.75) is 6.42 Å². The first-order valence-corrected chi connectivity index (χ1v) is 9.31. The molecule has 148 valence electrons. The topological polar surface area (TPSA) is 88.8 Å². The molecule has 2 amide bonds. The van der Waals surface area contributed by atoms with Gasteiger partial charge in [0.05, 0.1) is 18.7 Å². The van der Waals surface area contributed by atoms with Crippen LogP contribution >= 0.6 is 11.6 Å². The van der Waals surface area contributed by atoms with Crippen LogP contribution in [0.2, 0.25) is 5.02 Å². The third-order valence-electron chi connectivity index (χ3n) is 4.81. The highest BCUT2D eigenvalue weighted by Crippen LogP contribution is 2.35. The third kappa shape index (κ3) is 3.82. The van der Waals surface area contributed by atoms with Crippen LogP contribution in [0.4, 0.5) is 11.4 Å². The van der Waals surface area contributed by atoms with Crippen LogP contribution < -0.4 is 20.6 Å². The number of benzene rings is 2. The van der Waals surface area contributed by atoms with Crippen molar-refractivity contribution in [3.8, 4) is 5.75 Å². The average Bonchev–Trinajstić information content (AvgIpc) is 3.09. The molecule has 1 saturated heterocycles. The van der Waals surface area contributed by atoms with E-state index in [2.05, 4.69) is 5.32 Å². The number of hydrogen-bond donors (Lipinski definition) is 1. The lowest BCUT2D eigenvalue weighted by molar-refractivity contribution is -0.122. The lowest BCUT2D eigenvalue weighted by Gasteiger charge is -2.20. The molecule has 7 nitrogen and oxygen atoms in total. The molecule has 0 radical (unpaired) electrons. The van der Waals surface area contributed by atoms with Crippen LogP contribution in [0, 0.1) is 5.92 Å². The van der Waals surface area contributed by atoms with Gasteiger partial charge in [0.25, 0.3) is 0 Å². The van der Waals surface area contributed by atoms with Gasteiger partial charge in [0, 0.05) is 35.1 Å². The Hall–Kier alpha value is -3.32. The van der Waals surface area contributed by atoms with Gasteiger partial charge in [-0.05, 0) is 42.5 Å². The molecule has 1 unspecified atom stereocenters. The zero-order chi connectivity index (χ0) is 20.5. The Morgan fingerprint density at radius 3 is 2.79 bits per heavy atom. The fourth-order valence-corrected chi connectivity index (χ4v) is 3.55. The maximum atomic E-state index is 12.7. The van der Waals surface area contributed by atoms with Crippen molar-refractivity contribution in [2.75, 3.05) is 23.9 Å². The number of amides is 2. The molecule has 3 aromatic rings. The molecule has 0 aliphatic carbocycles. The fourth-order valence-electron chi connectivity index (χ4n) is 3.38. The summed E-state index contributed by atoms with van der Waals surface area (Å²) in [6.45, 7) is 0.226. The van der Waals surface area contributed by atoms with Crippen molar-refractivity contribution in [3.63, 3.8) is 0 Å². The molecule has 1 atom stereocenters. The predicted octanol–water partition coefficient (Wildman–Crippen LogP) is 3.45. The number of anilines is 2. The van der Waals surface area contributed by atoms with Gasteiger partial charge in [0.1, 0.15) is 11.3 Å². The molecule has 0 saturated carbocycles. The number of carbonyl (C=O) groups excluding carboxylic acids is 2. The summed E-state index contributed by atoms with van der Waals surface area (Å²) >= 11 is 6.06. The Kier molecular flexibility index (Phi) is 4.98. The molecule has 4 rings (SSSR count). The highest BCUT2D eigenvalue weighted by molar-refractivity contribution is 6.31. The lowest BCUT2D eigenvalue weighted by Crippen LogP contribution is -2.28. The lowest BCUT2D eigenvalue weighted by atomic mass is 10.1. The van der Waals surface area contributed by atoms with Crippen molar-refractivity contribution >= 4 is 45.8 Å². The molecule has 8 heteroatoms. The van der Waals surface area contributed by atoms with E-state index in [4.69, 9.17) is 20.8 Å². The summed E-state index contributed by atoms with van der Waals surface area (Å²) < 4.78 is 10.4. The van der Waals surface area contributed by atoms with Gasteiger partial charge < -0.3 is 19.4 Å². The number of nitrogens with one attached hydrogen (secondary N) is 1. The van der Waals surface area contributed by atoms with Crippen molar-refractivity contribution in [1.29, 1.82) is 0 Å². The maximum Gasteiger partial charge on any atom is 0.336 e. The minimum absolute atomic E-state index is 0.0873. The molecule has 29 heavy (non-hydrogen) atoms.